The van der Waals surface area contributed by atoms with E-state index in [2.05, 4.69) is 23.2 Å². The standard InChI is InChI=1S/C15H20Cl2N2/c1-11(12-2-3-13(16)14(17)8-12)19-7-5-15(10-19)4-6-18-9-15/h2-3,8,11,18H,4-7,9-10H2,1H3. The van der Waals surface area contributed by atoms with E-state index >= 15 is 0 Å². The third-order valence-electron chi connectivity index (χ3n) is 4.77. The summed E-state index contributed by atoms with van der Waals surface area (Å²) in [6, 6.07) is 6.41. The number of hydrogen-bond acceptors (Lipinski definition) is 2. The van der Waals surface area contributed by atoms with Crippen LogP contribution < -0.4 is 5.32 Å². The fraction of sp³-hybridized carbons (Fsp3) is 0.600. The molecule has 1 spiro atoms. The van der Waals surface area contributed by atoms with E-state index in [0.717, 1.165) is 0 Å². The molecule has 0 bridgehead atoms. The van der Waals surface area contributed by atoms with Gasteiger partial charge < -0.3 is 5.32 Å². The van der Waals surface area contributed by atoms with Gasteiger partial charge in [0.25, 0.3) is 0 Å². The summed E-state index contributed by atoms with van der Waals surface area (Å²) in [5.74, 6) is 0. The van der Waals surface area contributed by atoms with Crippen LogP contribution in [0.5, 0.6) is 0 Å². The second kappa shape index (κ2) is 5.25. The summed E-state index contributed by atoms with van der Waals surface area (Å²) < 4.78 is 0. The highest BCUT2D eigenvalue weighted by Crippen LogP contribution is 2.40. The van der Waals surface area contributed by atoms with Gasteiger partial charge in [-0.15, -0.1) is 0 Å². The van der Waals surface area contributed by atoms with Crippen molar-refractivity contribution in [3.05, 3.63) is 33.8 Å². The Kier molecular flexibility index (Phi) is 3.78. The normalized spacial score (nSPS) is 29.2. The molecule has 1 N–H and O–H groups in total. The first-order chi connectivity index (χ1) is 9.10. The Morgan fingerprint density at radius 1 is 1.26 bits per heavy atom. The molecule has 2 aliphatic heterocycles. The maximum Gasteiger partial charge on any atom is 0.0595 e. The van der Waals surface area contributed by atoms with Crippen molar-refractivity contribution in [1.29, 1.82) is 0 Å². The molecule has 1 aromatic carbocycles. The van der Waals surface area contributed by atoms with Crippen molar-refractivity contribution in [3.63, 3.8) is 0 Å². The Morgan fingerprint density at radius 3 is 2.79 bits per heavy atom. The van der Waals surface area contributed by atoms with Gasteiger partial charge in [0, 0.05) is 19.1 Å². The highest BCUT2D eigenvalue weighted by atomic mass is 35.5. The molecule has 0 aromatic heterocycles. The van der Waals surface area contributed by atoms with E-state index in [9.17, 15) is 0 Å². The minimum absolute atomic E-state index is 0.412. The van der Waals surface area contributed by atoms with Crippen LogP contribution in [-0.4, -0.2) is 31.1 Å². The van der Waals surface area contributed by atoms with Crippen LogP contribution in [-0.2, 0) is 0 Å². The van der Waals surface area contributed by atoms with Gasteiger partial charge in [-0.2, -0.15) is 0 Å². The molecule has 19 heavy (non-hydrogen) atoms. The molecule has 1 aromatic rings. The lowest BCUT2D eigenvalue weighted by molar-refractivity contribution is 0.224. The Labute approximate surface area is 125 Å². The Bertz CT molecular complexity index is 469. The smallest absolute Gasteiger partial charge is 0.0595 e. The molecule has 2 nitrogen and oxygen atoms in total. The SMILES string of the molecule is CC(c1ccc(Cl)c(Cl)c1)N1CCC2(CCNC2)C1. The van der Waals surface area contributed by atoms with Gasteiger partial charge in [0.15, 0.2) is 0 Å². The molecule has 2 atom stereocenters. The Hall–Kier alpha value is -0.280. The van der Waals surface area contributed by atoms with Crippen LogP contribution in [0.15, 0.2) is 18.2 Å². The zero-order valence-corrected chi connectivity index (χ0v) is 12.8. The fourth-order valence-corrected chi connectivity index (χ4v) is 3.73. The molecular formula is C15H20Cl2N2. The van der Waals surface area contributed by atoms with Crippen LogP contribution in [0.2, 0.25) is 10.0 Å². The maximum absolute atomic E-state index is 6.12. The average molecular weight is 299 g/mol. The van der Waals surface area contributed by atoms with Gasteiger partial charge in [-0.25, -0.2) is 0 Å². The Morgan fingerprint density at radius 2 is 2.11 bits per heavy atom. The van der Waals surface area contributed by atoms with Crippen LogP contribution >= 0.6 is 23.2 Å². The molecular weight excluding hydrogens is 279 g/mol. The van der Waals surface area contributed by atoms with Crippen molar-refractivity contribution in [2.45, 2.75) is 25.8 Å². The van der Waals surface area contributed by atoms with Gasteiger partial charge in [-0.3, -0.25) is 4.90 Å². The van der Waals surface area contributed by atoms with Crippen LogP contribution in [0.4, 0.5) is 0 Å². The van der Waals surface area contributed by atoms with Gasteiger partial charge in [0.1, 0.15) is 0 Å². The zero-order chi connectivity index (χ0) is 13.5. The van der Waals surface area contributed by atoms with Gasteiger partial charge in [0.05, 0.1) is 10.0 Å². The van der Waals surface area contributed by atoms with E-state index in [1.54, 1.807) is 0 Å². The van der Waals surface area contributed by atoms with Crippen LogP contribution in [0.3, 0.4) is 0 Å². The second-order valence-electron chi connectivity index (χ2n) is 6.00. The maximum atomic E-state index is 6.12. The van der Waals surface area contributed by atoms with Crippen molar-refractivity contribution in [2.24, 2.45) is 5.41 Å². The lowest BCUT2D eigenvalue weighted by Crippen LogP contribution is -2.30. The first kappa shape index (κ1) is 13.7. The number of halogens is 2. The fourth-order valence-electron chi connectivity index (χ4n) is 3.43. The molecule has 3 rings (SSSR count). The molecule has 0 amide bonds. The van der Waals surface area contributed by atoms with Crippen LogP contribution in [0.1, 0.15) is 31.4 Å². The molecule has 104 valence electrons. The van der Waals surface area contributed by atoms with E-state index < -0.39 is 0 Å². The van der Waals surface area contributed by atoms with Gasteiger partial charge >= 0.3 is 0 Å². The van der Waals surface area contributed by atoms with E-state index in [4.69, 9.17) is 23.2 Å². The predicted molar refractivity (Wildman–Crippen MR) is 81.0 cm³/mol. The molecule has 2 fully saturated rings. The van der Waals surface area contributed by atoms with Crippen LogP contribution in [0, 0.1) is 5.41 Å². The van der Waals surface area contributed by atoms with Crippen molar-refractivity contribution >= 4 is 23.2 Å². The topological polar surface area (TPSA) is 15.3 Å². The number of hydrogen-bond donors (Lipinski definition) is 1. The number of likely N-dealkylation sites (tertiary alicyclic amines) is 1. The first-order valence-electron chi connectivity index (χ1n) is 6.99. The highest BCUT2D eigenvalue weighted by molar-refractivity contribution is 6.42. The third kappa shape index (κ3) is 2.64. The van der Waals surface area contributed by atoms with Crippen molar-refractivity contribution in [3.8, 4) is 0 Å². The summed E-state index contributed by atoms with van der Waals surface area (Å²) in [6.07, 6.45) is 2.63. The third-order valence-corrected chi connectivity index (χ3v) is 5.51. The minimum Gasteiger partial charge on any atom is -0.316 e. The predicted octanol–water partition coefficient (Wildman–Crippen LogP) is 3.74. The lowest BCUT2D eigenvalue weighted by atomic mass is 9.86. The summed E-state index contributed by atoms with van der Waals surface area (Å²) in [5, 5.41) is 4.80. The summed E-state index contributed by atoms with van der Waals surface area (Å²) in [4.78, 5) is 2.58. The van der Waals surface area contributed by atoms with Crippen molar-refractivity contribution < 1.29 is 0 Å². The highest BCUT2D eigenvalue weighted by Gasteiger charge is 2.41. The van der Waals surface area contributed by atoms with Crippen molar-refractivity contribution in [1.82, 2.24) is 10.2 Å². The number of rotatable bonds is 2. The average Bonchev–Trinajstić information content (AvgIpc) is 3.03. The van der Waals surface area contributed by atoms with E-state index in [0.29, 0.717) is 21.5 Å². The zero-order valence-electron chi connectivity index (χ0n) is 11.3. The van der Waals surface area contributed by atoms with E-state index in [-0.39, 0.29) is 0 Å². The molecule has 0 saturated carbocycles. The molecule has 2 saturated heterocycles. The van der Waals surface area contributed by atoms with Crippen LogP contribution in [0.25, 0.3) is 0 Å². The number of nitrogens with one attached hydrogen (secondary N) is 1. The molecule has 2 unspecified atom stereocenters. The Balaban J connectivity index is 1.74. The minimum atomic E-state index is 0.412. The molecule has 0 radical (unpaired) electrons. The monoisotopic (exact) mass is 298 g/mol. The molecule has 0 aliphatic carbocycles. The number of benzene rings is 1. The lowest BCUT2D eigenvalue weighted by Gasteiger charge is -2.28. The van der Waals surface area contributed by atoms with Gasteiger partial charge in [0.2, 0.25) is 0 Å². The number of nitrogens with zero attached hydrogens (tertiary/aromatic N) is 1. The summed E-state index contributed by atoms with van der Waals surface area (Å²) >= 11 is 12.1. The summed E-state index contributed by atoms with van der Waals surface area (Å²) in [5.41, 5.74) is 1.78. The molecule has 2 aliphatic rings. The second-order valence-corrected chi connectivity index (χ2v) is 6.81. The van der Waals surface area contributed by atoms with Crippen molar-refractivity contribution in [2.75, 3.05) is 26.2 Å². The molecule has 2 heterocycles. The molecule has 4 heteroatoms. The van der Waals surface area contributed by atoms with E-state index in [1.165, 1.54) is 44.6 Å². The largest absolute Gasteiger partial charge is 0.316 e. The van der Waals surface area contributed by atoms with Gasteiger partial charge in [-0.1, -0.05) is 29.3 Å². The summed E-state index contributed by atoms with van der Waals surface area (Å²) in [6.45, 7) is 7.00. The quantitative estimate of drug-likeness (QED) is 0.895. The first-order valence-corrected chi connectivity index (χ1v) is 7.75. The summed E-state index contributed by atoms with van der Waals surface area (Å²) in [7, 11) is 0. The van der Waals surface area contributed by atoms with Gasteiger partial charge in [-0.05, 0) is 56.0 Å². The van der Waals surface area contributed by atoms with E-state index in [1.807, 2.05) is 12.1 Å².